The van der Waals surface area contributed by atoms with Gasteiger partial charge in [0, 0.05) is 11.3 Å². The van der Waals surface area contributed by atoms with E-state index in [1.54, 1.807) is 0 Å². The topological polar surface area (TPSA) is 24.4 Å². The molecule has 74 valence electrons. The van der Waals surface area contributed by atoms with Gasteiger partial charge in [0.05, 0.1) is 6.04 Å². The van der Waals surface area contributed by atoms with Gasteiger partial charge in [-0.05, 0) is 39.5 Å². The molecule has 1 fully saturated rings. The molecule has 0 amide bonds. The van der Waals surface area contributed by atoms with E-state index in [-0.39, 0.29) is 0 Å². The van der Waals surface area contributed by atoms with E-state index < -0.39 is 0 Å². The summed E-state index contributed by atoms with van der Waals surface area (Å²) in [5, 5.41) is 4.76. The molecule has 2 aliphatic rings. The van der Waals surface area contributed by atoms with Gasteiger partial charge in [-0.15, -0.1) is 0 Å². The highest BCUT2D eigenvalue weighted by Crippen LogP contribution is 2.32. The van der Waals surface area contributed by atoms with Crippen molar-refractivity contribution in [3.8, 4) is 0 Å². The van der Waals surface area contributed by atoms with Gasteiger partial charge >= 0.3 is 0 Å². The number of hydrogen-bond acceptors (Lipinski definition) is 3. The van der Waals surface area contributed by atoms with Crippen LogP contribution in [0.15, 0.2) is 4.99 Å². The van der Waals surface area contributed by atoms with Crippen molar-refractivity contribution >= 4 is 16.9 Å². The standard InChI is InChI=1S/C10H18N2S/c1-8-4-7-13-9(11-8)12-10(2)5-3-6-10/h8H,3-7H2,1-2H3,(H,11,12). The quantitative estimate of drug-likeness (QED) is 0.699. The summed E-state index contributed by atoms with van der Waals surface area (Å²) in [5.74, 6) is 1.23. The molecule has 1 heterocycles. The first-order chi connectivity index (χ1) is 6.18. The van der Waals surface area contributed by atoms with Crippen LogP contribution < -0.4 is 5.32 Å². The zero-order valence-corrected chi connectivity index (χ0v) is 9.28. The molecule has 0 aromatic heterocycles. The van der Waals surface area contributed by atoms with Crippen LogP contribution in [0.25, 0.3) is 0 Å². The molecule has 1 atom stereocenters. The molecule has 0 saturated heterocycles. The Bertz CT molecular complexity index is 221. The van der Waals surface area contributed by atoms with Gasteiger partial charge in [-0.2, -0.15) is 0 Å². The van der Waals surface area contributed by atoms with E-state index in [2.05, 4.69) is 24.2 Å². The van der Waals surface area contributed by atoms with Crippen LogP contribution in [0.5, 0.6) is 0 Å². The van der Waals surface area contributed by atoms with Crippen molar-refractivity contribution in [2.75, 3.05) is 5.75 Å². The van der Waals surface area contributed by atoms with E-state index >= 15 is 0 Å². The maximum Gasteiger partial charge on any atom is 0.157 e. The van der Waals surface area contributed by atoms with Crippen LogP contribution >= 0.6 is 11.8 Å². The number of nitrogens with one attached hydrogen (secondary N) is 1. The fourth-order valence-corrected chi connectivity index (χ4v) is 3.01. The molecular formula is C10H18N2S. The molecule has 0 aromatic carbocycles. The Morgan fingerprint density at radius 2 is 2.31 bits per heavy atom. The summed E-state index contributed by atoms with van der Waals surface area (Å²) in [7, 11) is 0. The molecule has 1 unspecified atom stereocenters. The summed E-state index contributed by atoms with van der Waals surface area (Å²) >= 11 is 1.88. The van der Waals surface area contributed by atoms with Crippen molar-refractivity contribution in [3.63, 3.8) is 0 Å². The summed E-state index contributed by atoms with van der Waals surface area (Å²) in [4.78, 5) is 4.62. The first-order valence-corrected chi connectivity index (χ1v) is 6.15. The highest BCUT2D eigenvalue weighted by atomic mass is 32.2. The molecule has 0 aromatic rings. The maximum atomic E-state index is 4.62. The predicted octanol–water partition coefficient (Wildman–Crippen LogP) is 2.40. The lowest BCUT2D eigenvalue weighted by Gasteiger charge is -2.40. The zero-order chi connectivity index (χ0) is 9.31. The van der Waals surface area contributed by atoms with Gasteiger partial charge in [-0.1, -0.05) is 11.8 Å². The minimum absolute atomic E-state index is 0.364. The second-order valence-corrected chi connectivity index (χ2v) is 5.54. The minimum Gasteiger partial charge on any atom is -0.360 e. The third-order valence-corrected chi connectivity index (χ3v) is 3.90. The first kappa shape index (κ1) is 9.38. The molecule has 3 heteroatoms. The van der Waals surface area contributed by atoms with Crippen molar-refractivity contribution in [2.45, 2.75) is 51.1 Å². The monoisotopic (exact) mass is 198 g/mol. The molecule has 0 spiro atoms. The van der Waals surface area contributed by atoms with E-state index in [1.165, 1.54) is 36.6 Å². The highest BCUT2D eigenvalue weighted by molar-refractivity contribution is 8.13. The second-order valence-electron chi connectivity index (χ2n) is 4.46. The summed E-state index contributed by atoms with van der Waals surface area (Å²) < 4.78 is 0. The average Bonchev–Trinajstić information content (AvgIpc) is 2.01. The Hall–Kier alpha value is -0.180. The van der Waals surface area contributed by atoms with Crippen LogP contribution in [0.1, 0.15) is 39.5 Å². The number of rotatable bonds is 1. The first-order valence-electron chi connectivity index (χ1n) is 5.17. The van der Waals surface area contributed by atoms with E-state index in [1.807, 2.05) is 11.8 Å². The summed E-state index contributed by atoms with van der Waals surface area (Å²) in [5.41, 5.74) is 0.364. The third-order valence-electron chi connectivity index (χ3n) is 2.98. The Kier molecular flexibility index (Phi) is 2.54. The Balaban J connectivity index is 1.93. The molecule has 0 radical (unpaired) electrons. The molecule has 2 nitrogen and oxygen atoms in total. The van der Waals surface area contributed by atoms with Gasteiger partial charge in [0.15, 0.2) is 5.17 Å². The van der Waals surface area contributed by atoms with Gasteiger partial charge < -0.3 is 5.32 Å². The number of aliphatic imine (C=N–C) groups is 1. The Labute approximate surface area is 84.6 Å². The summed E-state index contributed by atoms with van der Waals surface area (Å²) in [6.07, 6.45) is 5.21. The van der Waals surface area contributed by atoms with Gasteiger partial charge in [-0.3, -0.25) is 4.99 Å². The fourth-order valence-electron chi connectivity index (χ4n) is 1.79. The predicted molar refractivity (Wildman–Crippen MR) is 59.4 cm³/mol. The van der Waals surface area contributed by atoms with Crippen molar-refractivity contribution in [2.24, 2.45) is 4.99 Å². The number of amidine groups is 1. The van der Waals surface area contributed by atoms with E-state index in [0.717, 1.165) is 0 Å². The summed E-state index contributed by atoms with van der Waals surface area (Å²) in [6.45, 7) is 4.50. The van der Waals surface area contributed by atoms with Crippen molar-refractivity contribution in [1.82, 2.24) is 5.32 Å². The van der Waals surface area contributed by atoms with Crippen LogP contribution in [0.2, 0.25) is 0 Å². The smallest absolute Gasteiger partial charge is 0.157 e. The molecule has 0 bridgehead atoms. The van der Waals surface area contributed by atoms with Crippen molar-refractivity contribution in [3.05, 3.63) is 0 Å². The van der Waals surface area contributed by atoms with Crippen LogP contribution in [0.3, 0.4) is 0 Å². The lowest BCUT2D eigenvalue weighted by atomic mass is 9.79. The normalized spacial score (nSPS) is 31.8. The Morgan fingerprint density at radius 1 is 1.54 bits per heavy atom. The second kappa shape index (κ2) is 3.52. The largest absolute Gasteiger partial charge is 0.360 e. The van der Waals surface area contributed by atoms with Gasteiger partial charge in [0.2, 0.25) is 0 Å². The fraction of sp³-hybridized carbons (Fsp3) is 0.900. The molecule has 1 N–H and O–H groups in total. The van der Waals surface area contributed by atoms with E-state index in [9.17, 15) is 0 Å². The van der Waals surface area contributed by atoms with Crippen LogP contribution in [0, 0.1) is 0 Å². The molecule has 1 aliphatic heterocycles. The molecule has 13 heavy (non-hydrogen) atoms. The average molecular weight is 198 g/mol. The maximum absolute atomic E-state index is 4.62. The zero-order valence-electron chi connectivity index (χ0n) is 8.47. The number of hydrogen-bond donors (Lipinski definition) is 1. The van der Waals surface area contributed by atoms with E-state index in [0.29, 0.717) is 11.6 Å². The van der Waals surface area contributed by atoms with E-state index in [4.69, 9.17) is 0 Å². The van der Waals surface area contributed by atoms with Gasteiger partial charge in [0.1, 0.15) is 0 Å². The minimum atomic E-state index is 0.364. The highest BCUT2D eigenvalue weighted by Gasteiger charge is 2.32. The molecule has 1 saturated carbocycles. The molecule has 1 aliphatic carbocycles. The Morgan fingerprint density at radius 3 is 2.85 bits per heavy atom. The van der Waals surface area contributed by atoms with Crippen LogP contribution in [-0.4, -0.2) is 22.5 Å². The van der Waals surface area contributed by atoms with Crippen molar-refractivity contribution in [1.29, 1.82) is 0 Å². The molecule has 2 rings (SSSR count). The number of nitrogens with zero attached hydrogens (tertiary/aromatic N) is 1. The summed E-state index contributed by atoms with van der Waals surface area (Å²) in [6, 6.07) is 0.521. The SMILES string of the molecule is CC1CCSC(NC2(C)CCC2)=N1. The third kappa shape index (κ3) is 2.19. The lowest BCUT2D eigenvalue weighted by molar-refractivity contribution is 0.245. The van der Waals surface area contributed by atoms with Crippen LogP contribution in [0.4, 0.5) is 0 Å². The molecular weight excluding hydrogens is 180 g/mol. The van der Waals surface area contributed by atoms with Gasteiger partial charge in [-0.25, -0.2) is 0 Å². The number of thioether (sulfide) groups is 1. The van der Waals surface area contributed by atoms with Gasteiger partial charge in [0.25, 0.3) is 0 Å². The van der Waals surface area contributed by atoms with Crippen molar-refractivity contribution < 1.29 is 0 Å². The lowest BCUT2D eigenvalue weighted by Crippen LogP contribution is -2.50. The van der Waals surface area contributed by atoms with Crippen LogP contribution in [-0.2, 0) is 0 Å².